The lowest BCUT2D eigenvalue weighted by atomic mass is 10.1. The summed E-state index contributed by atoms with van der Waals surface area (Å²) in [5, 5.41) is 11.9. The maximum Gasteiger partial charge on any atom is 0.337 e. The average molecular weight is 298 g/mol. The number of carbonyl (C=O) groups is 2. The molecule has 2 rings (SSSR count). The Labute approximate surface area is 121 Å². The fourth-order valence-electron chi connectivity index (χ4n) is 2.20. The van der Waals surface area contributed by atoms with Gasteiger partial charge in [0.25, 0.3) is 0 Å². The van der Waals surface area contributed by atoms with Crippen LogP contribution in [-0.4, -0.2) is 29.7 Å². The molecule has 0 saturated carbocycles. The van der Waals surface area contributed by atoms with Crippen molar-refractivity contribution in [2.75, 3.05) is 11.9 Å². The molecule has 0 aromatic heterocycles. The molecule has 6 heteroatoms. The van der Waals surface area contributed by atoms with Crippen molar-refractivity contribution in [2.24, 2.45) is 0 Å². The van der Waals surface area contributed by atoms with Crippen LogP contribution in [0.1, 0.15) is 36.0 Å². The standard InChI is InChI=1S/C14H16ClNO4/c15-11-6-3-5-10(14(18)19)13(11)16-12(17)8-9-4-1-2-7-20-9/h3,5-6,9H,1-2,4,7-8H2,(H,16,17)(H,18,19). The molecule has 108 valence electrons. The predicted molar refractivity (Wildman–Crippen MR) is 75.2 cm³/mol. The minimum Gasteiger partial charge on any atom is -0.478 e. The molecule has 1 unspecified atom stereocenters. The number of rotatable bonds is 4. The van der Waals surface area contributed by atoms with Crippen molar-refractivity contribution in [1.29, 1.82) is 0 Å². The fraction of sp³-hybridized carbons (Fsp3) is 0.429. The summed E-state index contributed by atoms with van der Waals surface area (Å²) >= 11 is 5.95. The number of amides is 1. The van der Waals surface area contributed by atoms with E-state index in [1.54, 1.807) is 6.07 Å². The van der Waals surface area contributed by atoms with Crippen molar-refractivity contribution < 1.29 is 19.4 Å². The molecule has 0 aliphatic carbocycles. The highest BCUT2D eigenvalue weighted by atomic mass is 35.5. The molecule has 1 aliphatic heterocycles. The number of aromatic carboxylic acids is 1. The van der Waals surface area contributed by atoms with Crippen LogP contribution >= 0.6 is 11.6 Å². The van der Waals surface area contributed by atoms with Crippen molar-refractivity contribution in [2.45, 2.75) is 31.8 Å². The van der Waals surface area contributed by atoms with Crippen molar-refractivity contribution in [3.63, 3.8) is 0 Å². The molecule has 2 N–H and O–H groups in total. The second kappa shape index (κ2) is 6.72. The van der Waals surface area contributed by atoms with Crippen molar-refractivity contribution >= 4 is 29.2 Å². The van der Waals surface area contributed by atoms with E-state index in [1.165, 1.54) is 12.1 Å². The van der Waals surface area contributed by atoms with Gasteiger partial charge in [0.05, 0.1) is 28.8 Å². The van der Waals surface area contributed by atoms with Crippen molar-refractivity contribution in [1.82, 2.24) is 0 Å². The van der Waals surface area contributed by atoms with Gasteiger partial charge in [-0.2, -0.15) is 0 Å². The summed E-state index contributed by atoms with van der Waals surface area (Å²) in [6, 6.07) is 4.48. The van der Waals surface area contributed by atoms with E-state index in [0.29, 0.717) is 6.61 Å². The first-order valence-electron chi connectivity index (χ1n) is 6.51. The fourth-order valence-corrected chi connectivity index (χ4v) is 2.42. The highest BCUT2D eigenvalue weighted by Gasteiger charge is 2.20. The van der Waals surface area contributed by atoms with Gasteiger partial charge < -0.3 is 15.2 Å². The molecule has 5 nitrogen and oxygen atoms in total. The SMILES string of the molecule is O=C(CC1CCCCO1)Nc1c(Cl)cccc1C(=O)O. The van der Waals surface area contributed by atoms with Crippen LogP contribution in [0.3, 0.4) is 0 Å². The summed E-state index contributed by atoms with van der Waals surface area (Å²) in [6.45, 7) is 0.671. The molecule has 0 spiro atoms. The molecular weight excluding hydrogens is 282 g/mol. The van der Waals surface area contributed by atoms with E-state index in [2.05, 4.69) is 5.32 Å². The van der Waals surface area contributed by atoms with Gasteiger partial charge in [-0.05, 0) is 31.4 Å². The number of nitrogens with one attached hydrogen (secondary N) is 1. The Morgan fingerprint density at radius 1 is 1.40 bits per heavy atom. The zero-order chi connectivity index (χ0) is 14.5. The zero-order valence-corrected chi connectivity index (χ0v) is 11.7. The van der Waals surface area contributed by atoms with Gasteiger partial charge in [0.1, 0.15) is 0 Å². The largest absolute Gasteiger partial charge is 0.478 e. The number of anilines is 1. The number of hydrogen-bond acceptors (Lipinski definition) is 3. The van der Waals surface area contributed by atoms with Crippen LogP contribution < -0.4 is 5.32 Å². The third kappa shape index (κ3) is 3.71. The number of benzene rings is 1. The van der Waals surface area contributed by atoms with E-state index in [0.717, 1.165) is 19.3 Å². The average Bonchev–Trinajstić information content (AvgIpc) is 2.42. The number of hydrogen-bond donors (Lipinski definition) is 2. The lowest BCUT2D eigenvalue weighted by Gasteiger charge is -2.22. The molecule has 1 saturated heterocycles. The molecule has 1 amide bonds. The Balaban J connectivity index is 2.05. The lowest BCUT2D eigenvalue weighted by Crippen LogP contribution is -2.26. The van der Waals surface area contributed by atoms with E-state index in [9.17, 15) is 9.59 Å². The Hall–Kier alpha value is -1.59. The third-order valence-electron chi connectivity index (χ3n) is 3.20. The van der Waals surface area contributed by atoms with Crippen LogP contribution in [0.4, 0.5) is 5.69 Å². The second-order valence-electron chi connectivity index (χ2n) is 4.71. The monoisotopic (exact) mass is 297 g/mol. The predicted octanol–water partition coefficient (Wildman–Crippen LogP) is 2.94. The molecule has 20 heavy (non-hydrogen) atoms. The van der Waals surface area contributed by atoms with Gasteiger partial charge in [-0.1, -0.05) is 17.7 Å². The summed E-state index contributed by atoms with van der Waals surface area (Å²) in [5.41, 5.74) is 0.123. The molecular formula is C14H16ClNO4. The second-order valence-corrected chi connectivity index (χ2v) is 5.12. The summed E-state index contributed by atoms with van der Waals surface area (Å²) in [5.74, 6) is -1.41. The molecule has 1 heterocycles. The summed E-state index contributed by atoms with van der Waals surface area (Å²) in [6.07, 6.45) is 3.03. The highest BCUT2D eigenvalue weighted by molar-refractivity contribution is 6.34. The lowest BCUT2D eigenvalue weighted by molar-refractivity contribution is -0.119. The van der Waals surface area contributed by atoms with Gasteiger partial charge in [0.2, 0.25) is 5.91 Å². The van der Waals surface area contributed by atoms with E-state index in [1.807, 2.05) is 0 Å². The van der Waals surface area contributed by atoms with Gasteiger partial charge in [0.15, 0.2) is 0 Å². The summed E-state index contributed by atoms with van der Waals surface area (Å²) in [4.78, 5) is 23.1. The molecule has 0 radical (unpaired) electrons. The Morgan fingerprint density at radius 3 is 2.85 bits per heavy atom. The molecule has 1 aliphatic rings. The highest BCUT2D eigenvalue weighted by Crippen LogP contribution is 2.26. The van der Waals surface area contributed by atoms with Gasteiger partial charge in [-0.25, -0.2) is 4.79 Å². The van der Waals surface area contributed by atoms with E-state index < -0.39 is 5.97 Å². The third-order valence-corrected chi connectivity index (χ3v) is 3.51. The minimum absolute atomic E-state index is 0.0181. The topological polar surface area (TPSA) is 75.6 Å². The van der Waals surface area contributed by atoms with Crippen LogP contribution in [-0.2, 0) is 9.53 Å². The normalized spacial score (nSPS) is 18.6. The Kier molecular flexibility index (Phi) is 4.98. The number of carbonyl (C=O) groups excluding carboxylic acids is 1. The minimum atomic E-state index is -1.13. The Morgan fingerprint density at radius 2 is 2.20 bits per heavy atom. The zero-order valence-electron chi connectivity index (χ0n) is 10.9. The first kappa shape index (κ1) is 14.8. The smallest absolute Gasteiger partial charge is 0.337 e. The first-order chi connectivity index (χ1) is 9.58. The molecule has 0 bridgehead atoms. The van der Waals surface area contributed by atoms with Crippen molar-refractivity contribution in [3.8, 4) is 0 Å². The summed E-state index contributed by atoms with van der Waals surface area (Å²) in [7, 11) is 0. The summed E-state index contributed by atoms with van der Waals surface area (Å²) < 4.78 is 5.48. The van der Waals surface area contributed by atoms with Crippen LogP contribution in [0.25, 0.3) is 0 Å². The van der Waals surface area contributed by atoms with Gasteiger partial charge in [-0.15, -0.1) is 0 Å². The molecule has 1 aromatic rings. The van der Waals surface area contributed by atoms with E-state index in [4.69, 9.17) is 21.4 Å². The van der Waals surface area contributed by atoms with Gasteiger partial charge in [-0.3, -0.25) is 4.79 Å². The molecule has 1 atom stereocenters. The number of carboxylic acid groups (broad SMARTS) is 1. The number of ether oxygens (including phenoxy) is 1. The van der Waals surface area contributed by atoms with Crippen LogP contribution in [0, 0.1) is 0 Å². The maximum absolute atomic E-state index is 12.0. The van der Waals surface area contributed by atoms with E-state index in [-0.39, 0.29) is 34.7 Å². The number of carboxylic acids is 1. The van der Waals surface area contributed by atoms with Crippen LogP contribution in [0.5, 0.6) is 0 Å². The van der Waals surface area contributed by atoms with Gasteiger partial charge >= 0.3 is 5.97 Å². The van der Waals surface area contributed by atoms with Crippen LogP contribution in [0.15, 0.2) is 18.2 Å². The van der Waals surface area contributed by atoms with E-state index >= 15 is 0 Å². The molecule has 1 aromatic carbocycles. The maximum atomic E-state index is 12.0. The van der Waals surface area contributed by atoms with Gasteiger partial charge in [0, 0.05) is 6.61 Å². The first-order valence-corrected chi connectivity index (χ1v) is 6.89. The van der Waals surface area contributed by atoms with Crippen molar-refractivity contribution in [3.05, 3.63) is 28.8 Å². The number of para-hydroxylation sites is 1. The Bertz CT molecular complexity index is 512. The quantitative estimate of drug-likeness (QED) is 0.896. The molecule has 1 fully saturated rings. The number of halogens is 1. The van der Waals surface area contributed by atoms with Crippen LogP contribution in [0.2, 0.25) is 5.02 Å².